The minimum absolute atomic E-state index is 0.0176. The topological polar surface area (TPSA) is 113 Å². The number of nitrogens with zero attached hydrogens (tertiary/aromatic N) is 2. The standard InChI is InChI=1S/C22H29N3O6S/c1-4-24(5-2)32(29,30)15-10-11-19(31-3)18(14-15)23-20(26)12-13-25-21(27)16-8-6-7-9-17(16)22(25)28/h6-7,10-11,14,16-17H,4-5,8-9,12-13H2,1-3H3,(H,23,26)/t16-,17+. The normalized spacial score (nSPS) is 20.6. The number of likely N-dealkylation sites (tertiary alicyclic amines) is 1. The van der Waals surface area contributed by atoms with Crippen LogP contribution < -0.4 is 10.1 Å². The van der Waals surface area contributed by atoms with Gasteiger partial charge in [-0.3, -0.25) is 19.3 Å². The maximum absolute atomic E-state index is 12.8. The predicted octanol–water partition coefficient (Wildman–Crippen LogP) is 2.01. The van der Waals surface area contributed by atoms with Crippen LogP contribution in [0.2, 0.25) is 0 Å². The van der Waals surface area contributed by atoms with Gasteiger partial charge >= 0.3 is 0 Å². The first kappa shape index (κ1) is 23.9. The smallest absolute Gasteiger partial charge is 0.243 e. The van der Waals surface area contributed by atoms with E-state index in [0.717, 1.165) is 0 Å². The van der Waals surface area contributed by atoms with Crippen molar-refractivity contribution in [3.8, 4) is 5.75 Å². The molecule has 3 amide bonds. The van der Waals surface area contributed by atoms with Gasteiger partial charge in [-0.05, 0) is 31.0 Å². The molecule has 1 saturated heterocycles. The molecule has 1 aliphatic heterocycles. The van der Waals surface area contributed by atoms with Crippen LogP contribution in [-0.2, 0) is 24.4 Å². The SMILES string of the molecule is CCN(CC)S(=O)(=O)c1ccc(OC)c(NC(=O)CCN2C(=O)[C@H]3CC=CC[C@H]3C2=O)c1. The van der Waals surface area contributed by atoms with E-state index in [1.165, 1.54) is 34.5 Å². The van der Waals surface area contributed by atoms with Crippen molar-refractivity contribution in [1.29, 1.82) is 0 Å². The van der Waals surface area contributed by atoms with E-state index in [-0.39, 0.29) is 47.2 Å². The van der Waals surface area contributed by atoms with Crippen molar-refractivity contribution >= 4 is 33.4 Å². The van der Waals surface area contributed by atoms with Crippen LogP contribution in [0.5, 0.6) is 5.75 Å². The predicted molar refractivity (Wildman–Crippen MR) is 118 cm³/mol. The van der Waals surface area contributed by atoms with E-state index in [0.29, 0.717) is 31.7 Å². The molecule has 174 valence electrons. The zero-order valence-corrected chi connectivity index (χ0v) is 19.4. The number of carbonyl (C=O) groups is 3. The van der Waals surface area contributed by atoms with Gasteiger partial charge in [0.25, 0.3) is 0 Å². The van der Waals surface area contributed by atoms with Gasteiger partial charge in [0.1, 0.15) is 5.75 Å². The lowest BCUT2D eigenvalue weighted by Gasteiger charge is -2.20. The van der Waals surface area contributed by atoms with Crippen LogP contribution in [0.4, 0.5) is 5.69 Å². The number of imide groups is 1. The minimum Gasteiger partial charge on any atom is -0.495 e. The Kier molecular flexibility index (Phi) is 7.35. The molecule has 0 spiro atoms. The van der Waals surface area contributed by atoms with Crippen LogP contribution in [0.15, 0.2) is 35.2 Å². The molecular formula is C22H29N3O6S. The summed E-state index contributed by atoms with van der Waals surface area (Å²) in [5.74, 6) is -1.28. The molecule has 1 aromatic carbocycles. The van der Waals surface area contributed by atoms with E-state index < -0.39 is 15.9 Å². The quantitative estimate of drug-likeness (QED) is 0.443. The number of allylic oxidation sites excluding steroid dienone is 2. The largest absolute Gasteiger partial charge is 0.495 e. The molecule has 10 heteroatoms. The van der Waals surface area contributed by atoms with E-state index in [1.54, 1.807) is 13.8 Å². The second-order valence-electron chi connectivity index (χ2n) is 7.73. The monoisotopic (exact) mass is 463 g/mol. The molecule has 2 aliphatic rings. The summed E-state index contributed by atoms with van der Waals surface area (Å²) in [6.07, 6.45) is 4.81. The first-order valence-corrected chi connectivity index (χ1v) is 12.2. The van der Waals surface area contributed by atoms with E-state index >= 15 is 0 Å². The fourth-order valence-corrected chi connectivity index (χ4v) is 5.66. The highest BCUT2D eigenvalue weighted by Crippen LogP contribution is 2.35. The number of methoxy groups -OCH3 is 1. The summed E-state index contributed by atoms with van der Waals surface area (Å²) < 4.78 is 32.2. The third-order valence-electron chi connectivity index (χ3n) is 5.95. The molecule has 0 saturated carbocycles. The summed E-state index contributed by atoms with van der Waals surface area (Å²) >= 11 is 0. The molecule has 9 nitrogen and oxygen atoms in total. The Morgan fingerprint density at radius 2 is 1.72 bits per heavy atom. The summed E-state index contributed by atoms with van der Waals surface area (Å²) in [5.41, 5.74) is 0.211. The van der Waals surface area contributed by atoms with E-state index in [4.69, 9.17) is 4.74 Å². The molecular weight excluding hydrogens is 434 g/mol. The van der Waals surface area contributed by atoms with Gasteiger partial charge in [0.2, 0.25) is 27.7 Å². The van der Waals surface area contributed by atoms with Crippen LogP contribution >= 0.6 is 0 Å². The zero-order chi connectivity index (χ0) is 23.5. The van der Waals surface area contributed by atoms with Crippen molar-refractivity contribution in [3.05, 3.63) is 30.4 Å². The molecule has 3 rings (SSSR count). The molecule has 1 heterocycles. The Hall–Kier alpha value is -2.72. The summed E-state index contributed by atoms with van der Waals surface area (Å²) in [6.45, 7) is 4.13. The Morgan fingerprint density at radius 1 is 1.12 bits per heavy atom. The third-order valence-corrected chi connectivity index (χ3v) is 8.00. The third kappa shape index (κ3) is 4.56. The Bertz CT molecular complexity index is 1010. The molecule has 1 N–H and O–H groups in total. The summed E-state index contributed by atoms with van der Waals surface area (Å²) in [7, 11) is -2.30. The number of benzene rings is 1. The highest BCUT2D eigenvalue weighted by Gasteiger charge is 2.46. The molecule has 2 atom stereocenters. The Morgan fingerprint density at radius 3 is 2.25 bits per heavy atom. The van der Waals surface area contributed by atoms with Crippen LogP contribution in [-0.4, -0.2) is 62.1 Å². The number of fused-ring (bicyclic) bond motifs is 1. The van der Waals surface area contributed by atoms with Gasteiger partial charge in [0.05, 0.1) is 29.5 Å². The lowest BCUT2D eigenvalue weighted by Crippen LogP contribution is -2.34. The second-order valence-corrected chi connectivity index (χ2v) is 9.67. The highest BCUT2D eigenvalue weighted by atomic mass is 32.2. The number of anilines is 1. The van der Waals surface area contributed by atoms with E-state index in [9.17, 15) is 22.8 Å². The molecule has 0 unspecified atom stereocenters. The van der Waals surface area contributed by atoms with Gasteiger partial charge in [-0.25, -0.2) is 8.42 Å². The highest BCUT2D eigenvalue weighted by molar-refractivity contribution is 7.89. The number of sulfonamides is 1. The number of ether oxygens (including phenoxy) is 1. The van der Waals surface area contributed by atoms with Gasteiger partial charge in [0, 0.05) is 26.1 Å². The van der Waals surface area contributed by atoms with Gasteiger partial charge in [-0.2, -0.15) is 4.31 Å². The van der Waals surface area contributed by atoms with Crippen LogP contribution in [0.25, 0.3) is 0 Å². The molecule has 0 aromatic heterocycles. The molecule has 0 radical (unpaired) electrons. The van der Waals surface area contributed by atoms with Crippen molar-refractivity contribution in [2.75, 3.05) is 32.1 Å². The van der Waals surface area contributed by atoms with Crippen LogP contribution in [0.3, 0.4) is 0 Å². The van der Waals surface area contributed by atoms with Gasteiger partial charge in [0.15, 0.2) is 0 Å². The number of rotatable bonds is 9. The summed E-state index contributed by atoms with van der Waals surface area (Å²) in [4.78, 5) is 38.9. The average Bonchev–Trinajstić information content (AvgIpc) is 3.03. The minimum atomic E-state index is -3.71. The maximum atomic E-state index is 12.8. The number of carbonyl (C=O) groups excluding carboxylic acids is 3. The average molecular weight is 464 g/mol. The van der Waals surface area contributed by atoms with Gasteiger partial charge in [-0.15, -0.1) is 0 Å². The fraction of sp³-hybridized carbons (Fsp3) is 0.500. The number of hydrogen-bond donors (Lipinski definition) is 1. The first-order valence-electron chi connectivity index (χ1n) is 10.7. The first-order chi connectivity index (χ1) is 15.2. The zero-order valence-electron chi connectivity index (χ0n) is 18.5. The Balaban J connectivity index is 1.71. The number of nitrogens with one attached hydrogen (secondary N) is 1. The Labute approximate surface area is 188 Å². The lowest BCUT2D eigenvalue weighted by atomic mass is 9.85. The van der Waals surface area contributed by atoms with Crippen LogP contribution in [0, 0.1) is 11.8 Å². The molecule has 32 heavy (non-hydrogen) atoms. The molecule has 0 bridgehead atoms. The molecule has 1 fully saturated rings. The van der Waals surface area contributed by atoms with Crippen molar-refractivity contribution in [3.63, 3.8) is 0 Å². The number of hydrogen-bond acceptors (Lipinski definition) is 6. The van der Waals surface area contributed by atoms with Crippen molar-refractivity contribution in [1.82, 2.24) is 9.21 Å². The van der Waals surface area contributed by atoms with E-state index in [1.807, 2.05) is 12.2 Å². The lowest BCUT2D eigenvalue weighted by molar-refractivity contribution is -0.140. The maximum Gasteiger partial charge on any atom is 0.243 e. The van der Waals surface area contributed by atoms with Crippen molar-refractivity contribution in [2.45, 2.75) is 38.0 Å². The molecule has 1 aromatic rings. The summed E-state index contributed by atoms with van der Waals surface area (Å²) in [6, 6.07) is 4.27. The van der Waals surface area contributed by atoms with Crippen molar-refractivity contribution < 1.29 is 27.5 Å². The fourth-order valence-electron chi connectivity index (χ4n) is 4.17. The van der Waals surface area contributed by atoms with E-state index in [2.05, 4.69) is 5.32 Å². The summed E-state index contributed by atoms with van der Waals surface area (Å²) in [5, 5.41) is 2.66. The second kappa shape index (κ2) is 9.83. The van der Waals surface area contributed by atoms with Gasteiger partial charge in [-0.1, -0.05) is 26.0 Å². The van der Waals surface area contributed by atoms with Crippen molar-refractivity contribution in [2.24, 2.45) is 11.8 Å². The van der Waals surface area contributed by atoms with Crippen LogP contribution in [0.1, 0.15) is 33.1 Å². The molecule has 1 aliphatic carbocycles. The van der Waals surface area contributed by atoms with Gasteiger partial charge < -0.3 is 10.1 Å². The number of amides is 3.